The molecule has 0 spiro atoms. The van der Waals surface area contributed by atoms with Crippen molar-refractivity contribution in [2.45, 2.75) is 10.4 Å². The van der Waals surface area contributed by atoms with Gasteiger partial charge in [0.05, 0.1) is 5.69 Å². The van der Waals surface area contributed by atoms with Gasteiger partial charge in [-0.2, -0.15) is 13.2 Å². The van der Waals surface area contributed by atoms with E-state index in [-0.39, 0.29) is 34.6 Å². The number of hydrogen-bond donors (Lipinski definition) is 2. The predicted molar refractivity (Wildman–Crippen MR) is 69.7 cm³/mol. The zero-order valence-corrected chi connectivity index (χ0v) is 11.6. The molecule has 0 unspecified atom stereocenters. The normalized spacial score (nSPS) is 12.4. The number of rotatable bonds is 6. The molecule has 0 radical (unpaired) electrons. The van der Waals surface area contributed by atoms with Crippen molar-refractivity contribution in [2.75, 3.05) is 24.7 Å². The second-order valence-corrected chi connectivity index (χ2v) is 6.44. The molecule has 0 saturated heterocycles. The van der Waals surface area contributed by atoms with E-state index in [9.17, 15) is 21.6 Å². The van der Waals surface area contributed by atoms with E-state index in [0.717, 1.165) is 0 Å². The molecule has 4 nitrogen and oxygen atoms in total. The maximum atomic E-state index is 11.9. The lowest BCUT2D eigenvalue weighted by atomic mass is 10.3. The average molecular weight is 314 g/mol. The van der Waals surface area contributed by atoms with Crippen molar-refractivity contribution in [1.29, 1.82) is 0 Å². The van der Waals surface area contributed by atoms with Gasteiger partial charge in [0, 0.05) is 12.3 Å². The van der Waals surface area contributed by atoms with Crippen molar-refractivity contribution in [3.8, 4) is 0 Å². The molecule has 2 N–H and O–H groups in total. The molecule has 0 amide bonds. The van der Waals surface area contributed by atoms with Crippen molar-refractivity contribution in [1.82, 2.24) is 4.72 Å². The van der Waals surface area contributed by atoms with E-state index >= 15 is 0 Å². The van der Waals surface area contributed by atoms with Crippen LogP contribution in [0.2, 0.25) is 0 Å². The van der Waals surface area contributed by atoms with Crippen LogP contribution in [0.1, 0.15) is 0 Å². The molecule has 9 heteroatoms. The molecular formula is C10H13F3N2O2S2. The van der Waals surface area contributed by atoms with Gasteiger partial charge < -0.3 is 5.32 Å². The molecule has 1 rings (SSSR count). The molecule has 0 fully saturated rings. The van der Waals surface area contributed by atoms with E-state index in [0.29, 0.717) is 0 Å². The van der Waals surface area contributed by atoms with Gasteiger partial charge in [0.2, 0.25) is 10.0 Å². The lowest BCUT2D eigenvalue weighted by molar-refractivity contribution is -0.0327. The first kappa shape index (κ1) is 16.1. The first-order valence-electron chi connectivity index (χ1n) is 5.23. The Labute approximate surface area is 113 Å². The molecule has 0 aliphatic heterocycles. The van der Waals surface area contributed by atoms with Gasteiger partial charge in [-0.15, -0.1) is 0 Å². The van der Waals surface area contributed by atoms with Crippen LogP contribution in [-0.4, -0.2) is 33.3 Å². The van der Waals surface area contributed by atoms with Gasteiger partial charge >= 0.3 is 5.51 Å². The number of alkyl halides is 3. The van der Waals surface area contributed by atoms with Crippen LogP contribution < -0.4 is 10.0 Å². The summed E-state index contributed by atoms with van der Waals surface area (Å²) < 4.78 is 61.3. The van der Waals surface area contributed by atoms with Crippen LogP contribution in [0.25, 0.3) is 0 Å². The van der Waals surface area contributed by atoms with Crippen LogP contribution in [0, 0.1) is 0 Å². The Balaban J connectivity index is 2.70. The summed E-state index contributed by atoms with van der Waals surface area (Å²) in [5, 5.41) is 2.69. The van der Waals surface area contributed by atoms with Crippen LogP contribution >= 0.6 is 11.8 Å². The SMILES string of the molecule is CNS(=O)(=O)c1ccccc1NCCSC(F)(F)F. The third-order valence-corrected chi connectivity index (χ3v) is 4.34. The number of hydrogen-bond acceptors (Lipinski definition) is 4. The number of nitrogens with one attached hydrogen (secondary N) is 2. The molecule has 1 aromatic rings. The van der Waals surface area contributed by atoms with Gasteiger partial charge in [0.15, 0.2) is 0 Å². The smallest absolute Gasteiger partial charge is 0.383 e. The maximum Gasteiger partial charge on any atom is 0.441 e. The molecule has 0 bridgehead atoms. The molecule has 0 saturated carbocycles. The molecule has 0 heterocycles. The fourth-order valence-corrected chi connectivity index (χ4v) is 2.65. The average Bonchev–Trinajstić information content (AvgIpc) is 2.34. The molecule has 0 aliphatic rings. The zero-order valence-electron chi connectivity index (χ0n) is 9.99. The summed E-state index contributed by atoms with van der Waals surface area (Å²) in [6.45, 7) is 0.0143. The van der Waals surface area contributed by atoms with Crippen LogP contribution in [0.4, 0.5) is 18.9 Å². The summed E-state index contributed by atoms with van der Waals surface area (Å²) in [5.41, 5.74) is -4.00. The van der Waals surface area contributed by atoms with E-state index in [2.05, 4.69) is 10.0 Å². The largest absolute Gasteiger partial charge is 0.441 e. The number of anilines is 1. The summed E-state index contributed by atoms with van der Waals surface area (Å²) in [5.74, 6) is -0.197. The minimum Gasteiger partial charge on any atom is -0.383 e. The molecular weight excluding hydrogens is 301 g/mol. The Morgan fingerprint density at radius 3 is 2.47 bits per heavy atom. The third-order valence-electron chi connectivity index (χ3n) is 2.13. The van der Waals surface area contributed by atoms with Gasteiger partial charge in [-0.25, -0.2) is 13.1 Å². The molecule has 1 aromatic carbocycles. The summed E-state index contributed by atoms with van der Waals surface area (Å²) in [4.78, 5) is 0.00880. The monoisotopic (exact) mass is 314 g/mol. The fraction of sp³-hybridized carbons (Fsp3) is 0.400. The summed E-state index contributed by atoms with van der Waals surface area (Å²) in [6, 6.07) is 6.03. The quantitative estimate of drug-likeness (QED) is 0.791. The van der Waals surface area contributed by atoms with E-state index < -0.39 is 15.5 Å². The Morgan fingerprint density at radius 1 is 1.26 bits per heavy atom. The zero-order chi connectivity index (χ0) is 14.5. The van der Waals surface area contributed by atoms with Crippen molar-refractivity contribution < 1.29 is 21.6 Å². The molecule has 19 heavy (non-hydrogen) atoms. The topological polar surface area (TPSA) is 58.2 Å². The maximum absolute atomic E-state index is 11.9. The highest BCUT2D eigenvalue weighted by atomic mass is 32.2. The van der Waals surface area contributed by atoms with Gasteiger partial charge in [-0.1, -0.05) is 12.1 Å². The van der Waals surface area contributed by atoms with Crippen molar-refractivity contribution in [3.63, 3.8) is 0 Å². The van der Waals surface area contributed by atoms with Gasteiger partial charge in [0.25, 0.3) is 0 Å². The second-order valence-electron chi connectivity index (χ2n) is 3.42. The molecule has 0 atom stereocenters. The van der Waals surface area contributed by atoms with Crippen molar-refractivity contribution in [3.05, 3.63) is 24.3 Å². The highest BCUT2D eigenvalue weighted by Gasteiger charge is 2.27. The minimum atomic E-state index is -4.28. The Morgan fingerprint density at radius 2 is 1.89 bits per heavy atom. The first-order chi connectivity index (χ1) is 8.76. The van der Waals surface area contributed by atoms with E-state index in [1.165, 1.54) is 19.2 Å². The van der Waals surface area contributed by atoms with Gasteiger partial charge in [-0.3, -0.25) is 0 Å². The van der Waals surface area contributed by atoms with Crippen molar-refractivity contribution >= 4 is 27.5 Å². The standard InChI is InChI=1S/C10H13F3N2O2S2/c1-14-19(16,17)9-5-3-2-4-8(9)15-6-7-18-10(11,12)13/h2-5,14-15H,6-7H2,1H3. The van der Waals surface area contributed by atoms with Crippen LogP contribution in [0.3, 0.4) is 0 Å². The van der Waals surface area contributed by atoms with Crippen molar-refractivity contribution in [2.24, 2.45) is 0 Å². The fourth-order valence-electron chi connectivity index (χ4n) is 1.31. The Bertz CT molecular complexity index is 518. The number of benzene rings is 1. The van der Waals surface area contributed by atoms with E-state index in [1.54, 1.807) is 12.1 Å². The van der Waals surface area contributed by atoms with Crippen LogP contribution in [0.15, 0.2) is 29.2 Å². The lowest BCUT2D eigenvalue weighted by Crippen LogP contribution is -2.20. The number of halogens is 3. The molecule has 108 valence electrons. The molecule has 0 aliphatic carbocycles. The third kappa shape index (κ3) is 5.29. The first-order valence-corrected chi connectivity index (χ1v) is 7.70. The Hall–Kier alpha value is -0.930. The van der Waals surface area contributed by atoms with Crippen LogP contribution in [0.5, 0.6) is 0 Å². The van der Waals surface area contributed by atoms with E-state index in [4.69, 9.17) is 0 Å². The van der Waals surface area contributed by atoms with Gasteiger partial charge in [0.1, 0.15) is 4.90 Å². The predicted octanol–water partition coefficient (Wildman–Crippen LogP) is 2.26. The summed E-state index contributed by atoms with van der Waals surface area (Å²) >= 11 is -0.156. The van der Waals surface area contributed by atoms with Crippen LogP contribution in [-0.2, 0) is 10.0 Å². The number of thioether (sulfide) groups is 1. The summed E-state index contributed by atoms with van der Waals surface area (Å²) in [7, 11) is -2.37. The van der Waals surface area contributed by atoms with Gasteiger partial charge in [-0.05, 0) is 30.9 Å². The number of para-hydroxylation sites is 1. The summed E-state index contributed by atoms with van der Waals surface area (Å²) in [6.07, 6.45) is 0. The minimum absolute atomic E-state index is 0.00880. The second kappa shape index (κ2) is 6.49. The Kier molecular flexibility index (Phi) is 5.50. The molecule has 0 aromatic heterocycles. The van der Waals surface area contributed by atoms with E-state index in [1.807, 2.05) is 0 Å². The lowest BCUT2D eigenvalue weighted by Gasteiger charge is -2.12. The highest BCUT2D eigenvalue weighted by Crippen LogP contribution is 2.30. The number of sulfonamides is 1. The highest BCUT2D eigenvalue weighted by molar-refractivity contribution is 8.00.